The van der Waals surface area contributed by atoms with Crippen molar-refractivity contribution < 1.29 is 18.0 Å². The van der Waals surface area contributed by atoms with Gasteiger partial charge in [-0.1, -0.05) is 6.07 Å². The third-order valence-electron chi connectivity index (χ3n) is 4.05. The first-order valence-corrected chi connectivity index (χ1v) is 7.64. The number of hydrogen-bond acceptors (Lipinski definition) is 3. The van der Waals surface area contributed by atoms with Crippen LogP contribution in [0.3, 0.4) is 0 Å². The van der Waals surface area contributed by atoms with Gasteiger partial charge in [-0.2, -0.15) is 18.3 Å². The van der Waals surface area contributed by atoms with E-state index >= 15 is 0 Å². The lowest BCUT2D eigenvalue weighted by Gasteiger charge is -2.17. The van der Waals surface area contributed by atoms with Crippen molar-refractivity contribution in [2.24, 2.45) is 0 Å². The first-order chi connectivity index (χ1) is 11.3. The molecule has 5 nitrogen and oxygen atoms in total. The van der Waals surface area contributed by atoms with Gasteiger partial charge in [0.05, 0.1) is 24.4 Å². The minimum absolute atomic E-state index is 0.108. The predicted octanol–water partition coefficient (Wildman–Crippen LogP) is 2.62. The molecule has 0 saturated carbocycles. The summed E-state index contributed by atoms with van der Waals surface area (Å²) < 4.78 is 39.9. The van der Waals surface area contributed by atoms with Gasteiger partial charge in [-0.05, 0) is 31.0 Å². The van der Waals surface area contributed by atoms with Crippen LogP contribution in [0.5, 0.6) is 0 Å². The van der Waals surface area contributed by atoms with E-state index in [1.807, 2.05) is 17.8 Å². The summed E-state index contributed by atoms with van der Waals surface area (Å²) in [6, 6.07) is 3.73. The number of amides is 1. The van der Waals surface area contributed by atoms with Crippen molar-refractivity contribution in [2.45, 2.75) is 32.0 Å². The Kier molecular flexibility index (Phi) is 4.29. The minimum atomic E-state index is -4.50. The fraction of sp³-hybridized carbons (Fsp3) is 0.438. The number of alkyl halides is 3. The average molecular weight is 338 g/mol. The molecule has 128 valence electrons. The van der Waals surface area contributed by atoms with Gasteiger partial charge in [0.25, 0.3) is 0 Å². The van der Waals surface area contributed by atoms with E-state index in [2.05, 4.69) is 10.1 Å². The quantitative estimate of drug-likeness (QED) is 0.864. The molecular weight excluding hydrogens is 321 g/mol. The molecule has 0 aliphatic carbocycles. The zero-order valence-electron chi connectivity index (χ0n) is 13.1. The van der Waals surface area contributed by atoms with E-state index in [1.54, 1.807) is 11.1 Å². The number of pyridine rings is 1. The highest BCUT2D eigenvalue weighted by Crippen LogP contribution is 2.27. The lowest BCUT2D eigenvalue weighted by atomic mass is 10.2. The Morgan fingerprint density at radius 1 is 1.38 bits per heavy atom. The topological polar surface area (TPSA) is 51.0 Å². The Hall–Kier alpha value is -2.38. The summed E-state index contributed by atoms with van der Waals surface area (Å²) in [5, 5.41) is 4.26. The Labute approximate surface area is 137 Å². The molecule has 1 aliphatic rings. The first kappa shape index (κ1) is 16.5. The fourth-order valence-corrected chi connectivity index (χ4v) is 2.82. The summed E-state index contributed by atoms with van der Waals surface area (Å²) in [6.45, 7) is 3.03. The molecule has 3 heterocycles. The van der Waals surface area contributed by atoms with E-state index < -0.39 is 11.9 Å². The summed E-state index contributed by atoms with van der Waals surface area (Å²) in [5.74, 6) is -0.215. The van der Waals surface area contributed by atoms with Crippen molar-refractivity contribution in [1.29, 1.82) is 0 Å². The molecule has 1 aliphatic heterocycles. The van der Waals surface area contributed by atoms with Gasteiger partial charge in [-0.15, -0.1) is 0 Å². The Bertz CT molecular complexity index is 741. The van der Waals surface area contributed by atoms with Crippen molar-refractivity contribution in [3.8, 4) is 0 Å². The van der Waals surface area contributed by atoms with Gasteiger partial charge in [0.15, 0.2) is 0 Å². The molecule has 3 rings (SSSR count). The number of aromatic nitrogens is 3. The van der Waals surface area contributed by atoms with E-state index in [4.69, 9.17) is 0 Å². The summed E-state index contributed by atoms with van der Waals surface area (Å²) >= 11 is 0. The average Bonchev–Trinajstić information content (AvgIpc) is 3.15. The van der Waals surface area contributed by atoms with Crippen LogP contribution in [0, 0.1) is 6.92 Å². The molecule has 0 N–H and O–H groups in total. The highest BCUT2D eigenvalue weighted by molar-refractivity contribution is 5.78. The van der Waals surface area contributed by atoms with Crippen LogP contribution in [0.2, 0.25) is 0 Å². The summed E-state index contributed by atoms with van der Waals surface area (Å²) in [4.78, 5) is 17.5. The van der Waals surface area contributed by atoms with E-state index in [9.17, 15) is 18.0 Å². The molecule has 2 aromatic rings. The highest BCUT2D eigenvalue weighted by atomic mass is 19.4. The number of hydrogen-bond donors (Lipinski definition) is 0. The normalized spacial score (nSPS) is 18.2. The molecule has 1 saturated heterocycles. The fourth-order valence-electron chi connectivity index (χ4n) is 2.82. The van der Waals surface area contributed by atoms with Crippen LogP contribution < -0.4 is 0 Å². The van der Waals surface area contributed by atoms with E-state index in [1.165, 1.54) is 12.1 Å². The van der Waals surface area contributed by atoms with Crippen molar-refractivity contribution in [1.82, 2.24) is 19.7 Å². The maximum absolute atomic E-state index is 12.7. The zero-order valence-corrected chi connectivity index (χ0v) is 13.1. The molecule has 8 heteroatoms. The second kappa shape index (κ2) is 6.26. The van der Waals surface area contributed by atoms with Crippen molar-refractivity contribution in [2.75, 3.05) is 13.1 Å². The molecule has 1 amide bonds. The first-order valence-electron chi connectivity index (χ1n) is 7.64. The summed E-state index contributed by atoms with van der Waals surface area (Å²) in [5.41, 5.74) is 0.209. The molecule has 1 unspecified atom stereocenters. The SMILES string of the molecule is Cc1cnn(C2CCN(C(=O)Cc3cccc(C(F)(F)F)n3)C2)c1. The van der Waals surface area contributed by atoms with Gasteiger partial charge >= 0.3 is 6.18 Å². The zero-order chi connectivity index (χ0) is 17.3. The molecule has 1 fully saturated rings. The number of halogens is 3. The Morgan fingerprint density at radius 2 is 2.17 bits per heavy atom. The summed E-state index contributed by atoms with van der Waals surface area (Å²) in [7, 11) is 0. The number of aryl methyl sites for hydroxylation is 1. The van der Waals surface area contributed by atoms with Crippen LogP contribution in [0.4, 0.5) is 13.2 Å². The minimum Gasteiger partial charge on any atom is -0.340 e. The molecule has 0 radical (unpaired) electrons. The Morgan fingerprint density at radius 3 is 2.83 bits per heavy atom. The smallest absolute Gasteiger partial charge is 0.340 e. The lowest BCUT2D eigenvalue weighted by Crippen LogP contribution is -2.31. The van der Waals surface area contributed by atoms with Gasteiger partial charge in [-0.25, -0.2) is 4.98 Å². The highest BCUT2D eigenvalue weighted by Gasteiger charge is 2.33. The van der Waals surface area contributed by atoms with Crippen molar-refractivity contribution >= 4 is 5.91 Å². The largest absolute Gasteiger partial charge is 0.433 e. The molecule has 0 spiro atoms. The van der Waals surface area contributed by atoms with Gasteiger partial charge in [-0.3, -0.25) is 9.48 Å². The van der Waals surface area contributed by atoms with Gasteiger partial charge in [0, 0.05) is 19.3 Å². The lowest BCUT2D eigenvalue weighted by molar-refractivity contribution is -0.141. The standard InChI is InChI=1S/C16H17F3N4O/c1-11-8-20-23(9-11)13-5-6-22(10-13)15(24)7-12-3-2-4-14(21-12)16(17,18)19/h2-4,8-9,13H,5-7,10H2,1H3. The van der Waals surface area contributed by atoms with Crippen LogP contribution >= 0.6 is 0 Å². The Balaban J connectivity index is 1.64. The van der Waals surface area contributed by atoms with E-state index in [0.717, 1.165) is 18.1 Å². The van der Waals surface area contributed by atoms with Gasteiger partial charge in [0.1, 0.15) is 5.69 Å². The number of carbonyl (C=O) groups excluding carboxylic acids is 1. The van der Waals surface area contributed by atoms with Gasteiger partial charge in [0.2, 0.25) is 5.91 Å². The van der Waals surface area contributed by atoms with Crippen LogP contribution in [0.1, 0.15) is 29.4 Å². The maximum Gasteiger partial charge on any atom is 0.433 e. The monoisotopic (exact) mass is 338 g/mol. The summed E-state index contributed by atoms with van der Waals surface area (Å²) in [6.07, 6.45) is -0.169. The molecule has 1 atom stereocenters. The maximum atomic E-state index is 12.7. The molecule has 2 aromatic heterocycles. The van der Waals surface area contributed by atoms with Crippen molar-refractivity contribution in [3.63, 3.8) is 0 Å². The predicted molar refractivity (Wildman–Crippen MR) is 80.1 cm³/mol. The van der Waals surface area contributed by atoms with Crippen LogP contribution in [-0.2, 0) is 17.4 Å². The molecular formula is C16H17F3N4O. The molecule has 24 heavy (non-hydrogen) atoms. The molecule has 0 bridgehead atoms. The number of carbonyl (C=O) groups is 1. The molecule has 0 aromatic carbocycles. The van der Waals surface area contributed by atoms with Gasteiger partial charge < -0.3 is 4.90 Å². The number of nitrogens with zero attached hydrogens (tertiary/aromatic N) is 4. The van der Waals surface area contributed by atoms with E-state index in [-0.39, 0.29) is 24.1 Å². The third kappa shape index (κ3) is 3.58. The van der Waals surface area contributed by atoms with E-state index in [0.29, 0.717) is 13.1 Å². The van der Waals surface area contributed by atoms with Crippen LogP contribution in [0.15, 0.2) is 30.6 Å². The second-order valence-electron chi connectivity index (χ2n) is 5.97. The van der Waals surface area contributed by atoms with Crippen LogP contribution in [-0.4, -0.2) is 38.7 Å². The second-order valence-corrected chi connectivity index (χ2v) is 5.97. The number of likely N-dealkylation sites (tertiary alicyclic amines) is 1. The number of rotatable bonds is 3. The van der Waals surface area contributed by atoms with Crippen molar-refractivity contribution in [3.05, 3.63) is 47.5 Å². The third-order valence-corrected chi connectivity index (χ3v) is 4.05. The van der Waals surface area contributed by atoms with Crippen LogP contribution in [0.25, 0.3) is 0 Å².